The normalized spacial score (nSPS) is 10.9. The predicted molar refractivity (Wildman–Crippen MR) is 83.1 cm³/mol. The lowest BCUT2D eigenvalue weighted by molar-refractivity contribution is 0.283. The van der Waals surface area contributed by atoms with Crippen LogP contribution in [0, 0.1) is 0 Å². The van der Waals surface area contributed by atoms with Gasteiger partial charge >= 0.3 is 0 Å². The molecule has 2 rings (SSSR count). The molecule has 108 valence electrons. The van der Waals surface area contributed by atoms with Crippen LogP contribution >= 0.6 is 0 Å². The molecular weight excluding hydrogens is 250 g/mol. The second-order valence-corrected chi connectivity index (χ2v) is 4.93. The summed E-state index contributed by atoms with van der Waals surface area (Å²) in [7, 11) is 1.72. The van der Waals surface area contributed by atoms with Crippen molar-refractivity contribution in [1.82, 2.24) is 5.32 Å². The van der Waals surface area contributed by atoms with Crippen LogP contribution in [-0.2, 0) is 6.54 Å². The van der Waals surface area contributed by atoms with Crippen LogP contribution in [-0.4, -0.2) is 25.4 Å². The van der Waals surface area contributed by atoms with Gasteiger partial charge in [-0.2, -0.15) is 0 Å². The van der Waals surface area contributed by atoms with Gasteiger partial charge in [0.2, 0.25) is 0 Å². The fourth-order valence-electron chi connectivity index (χ4n) is 2.44. The molecule has 0 saturated carbocycles. The van der Waals surface area contributed by atoms with Gasteiger partial charge in [-0.1, -0.05) is 30.3 Å². The first-order valence-corrected chi connectivity index (χ1v) is 7.23. The molecule has 3 heteroatoms. The summed E-state index contributed by atoms with van der Waals surface area (Å²) in [6.45, 7) is 2.06. The zero-order valence-corrected chi connectivity index (χ0v) is 12.1. The van der Waals surface area contributed by atoms with E-state index in [0.717, 1.165) is 38.1 Å². The number of methoxy groups -OCH3 is 1. The summed E-state index contributed by atoms with van der Waals surface area (Å²) >= 11 is 0. The number of aliphatic hydroxyl groups is 1. The van der Waals surface area contributed by atoms with E-state index < -0.39 is 0 Å². The molecule has 0 saturated heterocycles. The summed E-state index contributed by atoms with van der Waals surface area (Å²) < 4.78 is 5.48. The molecule has 0 amide bonds. The minimum Gasteiger partial charge on any atom is -0.496 e. The van der Waals surface area contributed by atoms with Crippen LogP contribution in [0.25, 0.3) is 10.8 Å². The smallest absolute Gasteiger partial charge is 0.123 e. The number of rotatable bonds is 8. The van der Waals surface area contributed by atoms with Crippen molar-refractivity contribution in [3.05, 3.63) is 42.0 Å². The van der Waals surface area contributed by atoms with Crippen molar-refractivity contribution in [3.8, 4) is 5.75 Å². The van der Waals surface area contributed by atoms with Gasteiger partial charge in [0.05, 0.1) is 7.11 Å². The molecule has 0 atom stereocenters. The average Bonchev–Trinajstić information content (AvgIpc) is 2.50. The highest BCUT2D eigenvalue weighted by molar-refractivity contribution is 5.87. The van der Waals surface area contributed by atoms with E-state index in [0.29, 0.717) is 0 Å². The first kappa shape index (κ1) is 14.8. The third-order valence-corrected chi connectivity index (χ3v) is 3.53. The number of aliphatic hydroxyl groups excluding tert-OH is 1. The third kappa shape index (κ3) is 3.71. The Balaban J connectivity index is 2.03. The average molecular weight is 273 g/mol. The molecule has 3 nitrogen and oxygen atoms in total. The molecule has 0 fully saturated rings. The summed E-state index contributed by atoms with van der Waals surface area (Å²) in [5.74, 6) is 0.937. The van der Waals surface area contributed by atoms with Crippen molar-refractivity contribution in [3.63, 3.8) is 0 Å². The molecule has 0 bridgehead atoms. The van der Waals surface area contributed by atoms with E-state index in [4.69, 9.17) is 9.84 Å². The van der Waals surface area contributed by atoms with Gasteiger partial charge in [-0.25, -0.2) is 0 Å². The quantitative estimate of drug-likeness (QED) is 0.726. The number of benzene rings is 2. The Labute approximate surface area is 120 Å². The molecule has 0 aliphatic carbocycles. The number of hydrogen-bond acceptors (Lipinski definition) is 3. The van der Waals surface area contributed by atoms with E-state index >= 15 is 0 Å². The molecule has 0 heterocycles. The van der Waals surface area contributed by atoms with Gasteiger partial charge in [0.1, 0.15) is 5.75 Å². The lowest BCUT2D eigenvalue weighted by atomic mass is 10.0. The van der Waals surface area contributed by atoms with E-state index in [-0.39, 0.29) is 6.61 Å². The maximum Gasteiger partial charge on any atom is 0.123 e. The van der Waals surface area contributed by atoms with E-state index in [1.54, 1.807) is 7.11 Å². The lowest BCUT2D eigenvalue weighted by Crippen LogP contribution is -2.15. The Morgan fingerprint density at radius 1 is 1.05 bits per heavy atom. The van der Waals surface area contributed by atoms with Crippen LogP contribution in [0.4, 0.5) is 0 Å². The molecule has 0 aliphatic heterocycles. The Kier molecular flexibility index (Phi) is 5.84. The van der Waals surface area contributed by atoms with Gasteiger partial charge in [0, 0.05) is 18.7 Å². The van der Waals surface area contributed by atoms with Crippen molar-refractivity contribution in [1.29, 1.82) is 0 Å². The van der Waals surface area contributed by atoms with Crippen LogP contribution in [0.15, 0.2) is 36.4 Å². The Hall–Kier alpha value is -1.58. The van der Waals surface area contributed by atoms with E-state index in [2.05, 4.69) is 35.6 Å². The molecule has 2 aromatic carbocycles. The van der Waals surface area contributed by atoms with Crippen LogP contribution < -0.4 is 10.1 Å². The van der Waals surface area contributed by atoms with Crippen LogP contribution in [0.2, 0.25) is 0 Å². The van der Waals surface area contributed by atoms with Crippen LogP contribution in [0.1, 0.15) is 24.8 Å². The van der Waals surface area contributed by atoms with E-state index in [1.807, 2.05) is 6.07 Å². The Morgan fingerprint density at radius 2 is 1.90 bits per heavy atom. The number of fused-ring (bicyclic) bond motifs is 1. The highest BCUT2D eigenvalue weighted by Crippen LogP contribution is 2.27. The highest BCUT2D eigenvalue weighted by atomic mass is 16.5. The molecular formula is C17H23NO2. The lowest BCUT2D eigenvalue weighted by Gasteiger charge is -2.13. The fourth-order valence-corrected chi connectivity index (χ4v) is 2.44. The Bertz CT molecular complexity index is 540. The van der Waals surface area contributed by atoms with Crippen molar-refractivity contribution in [2.75, 3.05) is 20.3 Å². The molecule has 0 aromatic heterocycles. The summed E-state index contributed by atoms with van der Waals surface area (Å²) in [6, 6.07) is 12.5. The van der Waals surface area contributed by atoms with Gasteiger partial charge in [0.15, 0.2) is 0 Å². The maximum absolute atomic E-state index is 8.75. The van der Waals surface area contributed by atoms with Crippen LogP contribution in [0.3, 0.4) is 0 Å². The predicted octanol–water partition coefficient (Wildman–Crippen LogP) is 3.10. The SMILES string of the molecule is COc1ccc2ccccc2c1CNCCCCCO. The highest BCUT2D eigenvalue weighted by Gasteiger charge is 2.07. The second-order valence-electron chi connectivity index (χ2n) is 4.93. The largest absolute Gasteiger partial charge is 0.496 e. The molecule has 2 N–H and O–H groups in total. The van der Waals surface area contributed by atoms with Crippen molar-refractivity contribution < 1.29 is 9.84 Å². The van der Waals surface area contributed by atoms with Gasteiger partial charge < -0.3 is 15.2 Å². The number of unbranched alkanes of at least 4 members (excludes halogenated alkanes) is 2. The summed E-state index contributed by atoms with van der Waals surface area (Å²) in [6.07, 6.45) is 3.04. The minimum atomic E-state index is 0.289. The molecule has 2 aromatic rings. The van der Waals surface area contributed by atoms with Gasteiger partial charge in [-0.3, -0.25) is 0 Å². The van der Waals surface area contributed by atoms with E-state index in [1.165, 1.54) is 16.3 Å². The number of hydrogen-bond donors (Lipinski definition) is 2. The fraction of sp³-hybridized carbons (Fsp3) is 0.412. The Morgan fingerprint density at radius 3 is 2.70 bits per heavy atom. The molecule has 0 spiro atoms. The zero-order chi connectivity index (χ0) is 14.2. The summed E-state index contributed by atoms with van der Waals surface area (Å²) in [4.78, 5) is 0. The topological polar surface area (TPSA) is 41.5 Å². The van der Waals surface area contributed by atoms with Crippen molar-refractivity contribution in [2.24, 2.45) is 0 Å². The van der Waals surface area contributed by atoms with E-state index in [9.17, 15) is 0 Å². The molecule has 0 aliphatic rings. The minimum absolute atomic E-state index is 0.289. The molecule has 0 unspecified atom stereocenters. The van der Waals surface area contributed by atoms with Crippen molar-refractivity contribution in [2.45, 2.75) is 25.8 Å². The van der Waals surface area contributed by atoms with Crippen molar-refractivity contribution >= 4 is 10.8 Å². The summed E-state index contributed by atoms with van der Waals surface area (Å²) in [5, 5.41) is 14.7. The third-order valence-electron chi connectivity index (χ3n) is 3.53. The second kappa shape index (κ2) is 7.88. The van der Waals surface area contributed by atoms with Gasteiger partial charge in [-0.05, 0) is 42.6 Å². The van der Waals surface area contributed by atoms with Gasteiger partial charge in [-0.15, -0.1) is 0 Å². The first-order valence-electron chi connectivity index (χ1n) is 7.23. The van der Waals surface area contributed by atoms with Gasteiger partial charge in [0.25, 0.3) is 0 Å². The number of nitrogens with one attached hydrogen (secondary N) is 1. The summed E-state index contributed by atoms with van der Waals surface area (Å²) in [5.41, 5.74) is 1.22. The maximum atomic E-state index is 8.75. The number of ether oxygens (including phenoxy) is 1. The molecule has 0 radical (unpaired) electrons. The molecule has 20 heavy (non-hydrogen) atoms. The monoisotopic (exact) mass is 273 g/mol. The van der Waals surface area contributed by atoms with Crippen LogP contribution in [0.5, 0.6) is 5.75 Å². The zero-order valence-electron chi connectivity index (χ0n) is 12.1. The standard InChI is InChI=1S/C17H23NO2/c1-20-17-10-9-14-7-3-4-8-15(14)16(17)13-18-11-5-2-6-12-19/h3-4,7-10,18-19H,2,5-6,11-13H2,1H3. The first-order chi connectivity index (χ1) is 9.86.